The third-order valence-electron chi connectivity index (χ3n) is 3.70. The van der Waals surface area contributed by atoms with E-state index in [1.165, 1.54) is 30.6 Å². The molecule has 2 rings (SSSR count). The molecule has 1 aliphatic heterocycles. The normalized spacial score (nSPS) is 21.9. The Hall–Kier alpha value is -0.870. The van der Waals surface area contributed by atoms with Crippen molar-refractivity contribution in [1.29, 1.82) is 0 Å². The summed E-state index contributed by atoms with van der Waals surface area (Å²) in [5.74, 6) is 0. The molecule has 1 aliphatic rings. The zero-order valence-corrected chi connectivity index (χ0v) is 10.9. The second-order valence-electron chi connectivity index (χ2n) is 5.09. The van der Waals surface area contributed by atoms with Crippen molar-refractivity contribution in [2.45, 2.75) is 38.6 Å². The summed E-state index contributed by atoms with van der Waals surface area (Å²) in [5, 5.41) is 13.4. The fraction of sp³-hybridized carbons (Fsp3) is 0.769. The summed E-state index contributed by atoms with van der Waals surface area (Å²) in [6.07, 6.45) is 6.22. The van der Waals surface area contributed by atoms with E-state index in [1.54, 1.807) is 0 Å². The molecule has 0 aromatic carbocycles. The summed E-state index contributed by atoms with van der Waals surface area (Å²) in [4.78, 5) is 2.38. The number of aliphatic hydroxyl groups is 1. The summed E-state index contributed by atoms with van der Waals surface area (Å²) in [5.41, 5.74) is 2.56. The maximum absolute atomic E-state index is 8.87. The lowest BCUT2D eigenvalue weighted by Crippen LogP contribution is -2.34. The van der Waals surface area contributed by atoms with Crippen LogP contribution in [-0.4, -0.2) is 46.5 Å². The standard InChI is InChI=1S/C13H23N3O/c1-11-12(5-4-8-17)9-14-16(11)13-6-3-7-15(2)10-13/h9,13,17H,3-8,10H2,1-2H3. The van der Waals surface area contributed by atoms with E-state index in [2.05, 4.69) is 28.7 Å². The van der Waals surface area contributed by atoms with Crippen molar-refractivity contribution >= 4 is 0 Å². The third-order valence-corrected chi connectivity index (χ3v) is 3.70. The lowest BCUT2D eigenvalue weighted by atomic mass is 10.1. The molecule has 4 nitrogen and oxygen atoms in total. The van der Waals surface area contributed by atoms with Crippen LogP contribution in [0.1, 0.15) is 36.6 Å². The van der Waals surface area contributed by atoms with Gasteiger partial charge in [-0.25, -0.2) is 0 Å². The van der Waals surface area contributed by atoms with Crippen molar-refractivity contribution in [3.05, 3.63) is 17.5 Å². The Morgan fingerprint density at radius 1 is 1.53 bits per heavy atom. The highest BCUT2D eigenvalue weighted by molar-refractivity contribution is 5.17. The SMILES string of the molecule is Cc1c(CCCO)cnn1C1CCCN(C)C1. The molecular weight excluding hydrogens is 214 g/mol. The van der Waals surface area contributed by atoms with Crippen LogP contribution < -0.4 is 0 Å². The van der Waals surface area contributed by atoms with Crippen molar-refractivity contribution in [2.75, 3.05) is 26.7 Å². The molecule has 1 fully saturated rings. The number of hydrogen-bond donors (Lipinski definition) is 1. The van der Waals surface area contributed by atoms with Gasteiger partial charge in [0.25, 0.3) is 0 Å². The fourth-order valence-corrected chi connectivity index (χ4v) is 2.68. The summed E-state index contributed by atoms with van der Waals surface area (Å²) >= 11 is 0. The first-order valence-corrected chi connectivity index (χ1v) is 6.54. The van der Waals surface area contributed by atoms with Crippen LogP contribution >= 0.6 is 0 Å². The maximum Gasteiger partial charge on any atom is 0.0649 e. The Morgan fingerprint density at radius 2 is 2.35 bits per heavy atom. The first-order chi connectivity index (χ1) is 8.22. The van der Waals surface area contributed by atoms with Gasteiger partial charge in [-0.15, -0.1) is 0 Å². The summed E-state index contributed by atoms with van der Waals surface area (Å²) in [7, 11) is 2.18. The Balaban J connectivity index is 2.07. The highest BCUT2D eigenvalue weighted by atomic mass is 16.2. The monoisotopic (exact) mass is 237 g/mol. The molecule has 96 valence electrons. The smallest absolute Gasteiger partial charge is 0.0649 e. The molecular formula is C13H23N3O. The van der Waals surface area contributed by atoms with Gasteiger partial charge in [0.05, 0.1) is 12.2 Å². The number of aryl methyl sites for hydroxylation is 1. The van der Waals surface area contributed by atoms with Crippen LogP contribution in [0.2, 0.25) is 0 Å². The number of nitrogens with zero attached hydrogens (tertiary/aromatic N) is 3. The Kier molecular flexibility index (Phi) is 4.18. The van der Waals surface area contributed by atoms with Gasteiger partial charge in [0.15, 0.2) is 0 Å². The Labute approximate surface area is 103 Å². The summed E-state index contributed by atoms with van der Waals surface area (Å²) < 4.78 is 2.18. The van der Waals surface area contributed by atoms with Crippen LogP contribution in [0.3, 0.4) is 0 Å². The van der Waals surface area contributed by atoms with E-state index in [9.17, 15) is 0 Å². The second kappa shape index (κ2) is 5.65. The average Bonchev–Trinajstić information content (AvgIpc) is 2.68. The minimum atomic E-state index is 0.261. The van der Waals surface area contributed by atoms with Gasteiger partial charge in [0, 0.05) is 18.8 Å². The van der Waals surface area contributed by atoms with Gasteiger partial charge in [-0.2, -0.15) is 5.10 Å². The van der Waals surface area contributed by atoms with E-state index in [4.69, 9.17) is 5.11 Å². The number of aromatic nitrogens is 2. The van der Waals surface area contributed by atoms with Gasteiger partial charge in [0.1, 0.15) is 0 Å². The lowest BCUT2D eigenvalue weighted by molar-refractivity contribution is 0.200. The first kappa shape index (κ1) is 12.6. The largest absolute Gasteiger partial charge is 0.396 e. The van der Waals surface area contributed by atoms with Crippen LogP contribution in [0.15, 0.2) is 6.20 Å². The van der Waals surface area contributed by atoms with Crippen LogP contribution in [0.5, 0.6) is 0 Å². The molecule has 1 N–H and O–H groups in total. The Bertz CT molecular complexity index is 362. The number of aliphatic hydroxyl groups excluding tert-OH is 1. The molecule has 17 heavy (non-hydrogen) atoms. The summed E-state index contributed by atoms with van der Waals surface area (Å²) in [6, 6.07) is 0.525. The zero-order chi connectivity index (χ0) is 12.3. The van der Waals surface area contributed by atoms with Gasteiger partial charge >= 0.3 is 0 Å². The van der Waals surface area contributed by atoms with Crippen LogP contribution in [0.4, 0.5) is 0 Å². The molecule has 1 saturated heterocycles. The Morgan fingerprint density at radius 3 is 3.06 bits per heavy atom. The molecule has 1 aromatic heterocycles. The molecule has 0 radical (unpaired) electrons. The van der Waals surface area contributed by atoms with Gasteiger partial charge < -0.3 is 10.0 Å². The van der Waals surface area contributed by atoms with Crippen LogP contribution in [-0.2, 0) is 6.42 Å². The van der Waals surface area contributed by atoms with Gasteiger partial charge in [-0.3, -0.25) is 4.68 Å². The van der Waals surface area contributed by atoms with E-state index >= 15 is 0 Å². The topological polar surface area (TPSA) is 41.3 Å². The van der Waals surface area contributed by atoms with Crippen molar-refractivity contribution in [3.8, 4) is 0 Å². The van der Waals surface area contributed by atoms with E-state index in [1.807, 2.05) is 6.20 Å². The zero-order valence-electron chi connectivity index (χ0n) is 10.9. The molecule has 0 bridgehead atoms. The predicted molar refractivity (Wildman–Crippen MR) is 68.1 cm³/mol. The quantitative estimate of drug-likeness (QED) is 0.860. The van der Waals surface area contributed by atoms with Gasteiger partial charge in [-0.1, -0.05) is 0 Å². The average molecular weight is 237 g/mol. The van der Waals surface area contributed by atoms with E-state index in [0.29, 0.717) is 6.04 Å². The molecule has 1 atom stereocenters. The highest BCUT2D eigenvalue weighted by Gasteiger charge is 2.21. The number of hydrogen-bond acceptors (Lipinski definition) is 3. The van der Waals surface area contributed by atoms with E-state index in [0.717, 1.165) is 19.4 Å². The summed E-state index contributed by atoms with van der Waals surface area (Å²) in [6.45, 7) is 4.71. The molecule has 1 unspecified atom stereocenters. The molecule has 2 heterocycles. The highest BCUT2D eigenvalue weighted by Crippen LogP contribution is 2.23. The fourth-order valence-electron chi connectivity index (χ4n) is 2.68. The maximum atomic E-state index is 8.87. The molecule has 0 spiro atoms. The molecule has 1 aromatic rings. The number of piperidine rings is 1. The van der Waals surface area contributed by atoms with Crippen molar-refractivity contribution in [1.82, 2.24) is 14.7 Å². The number of likely N-dealkylation sites (tertiary alicyclic amines) is 1. The minimum absolute atomic E-state index is 0.261. The van der Waals surface area contributed by atoms with Crippen LogP contribution in [0, 0.1) is 6.92 Å². The van der Waals surface area contributed by atoms with E-state index < -0.39 is 0 Å². The second-order valence-corrected chi connectivity index (χ2v) is 5.09. The first-order valence-electron chi connectivity index (χ1n) is 6.54. The van der Waals surface area contributed by atoms with Gasteiger partial charge in [0.2, 0.25) is 0 Å². The molecule has 0 saturated carbocycles. The molecule has 0 aliphatic carbocycles. The third kappa shape index (κ3) is 2.87. The minimum Gasteiger partial charge on any atom is -0.396 e. The van der Waals surface area contributed by atoms with Crippen molar-refractivity contribution in [2.24, 2.45) is 0 Å². The van der Waals surface area contributed by atoms with E-state index in [-0.39, 0.29) is 6.61 Å². The van der Waals surface area contributed by atoms with Crippen molar-refractivity contribution < 1.29 is 5.11 Å². The predicted octanol–water partition coefficient (Wildman–Crippen LogP) is 1.38. The lowest BCUT2D eigenvalue weighted by Gasteiger charge is -2.30. The number of likely N-dealkylation sites (N-methyl/N-ethyl adjacent to an activating group) is 1. The molecule has 0 amide bonds. The molecule has 4 heteroatoms. The number of rotatable bonds is 4. The van der Waals surface area contributed by atoms with Crippen LogP contribution in [0.25, 0.3) is 0 Å². The van der Waals surface area contributed by atoms with Crippen molar-refractivity contribution in [3.63, 3.8) is 0 Å². The van der Waals surface area contributed by atoms with Gasteiger partial charge in [-0.05, 0) is 51.8 Å².